The predicted molar refractivity (Wildman–Crippen MR) is 120 cm³/mol. The van der Waals surface area contributed by atoms with Crippen LogP contribution in [0.4, 0.5) is 0 Å². The highest BCUT2D eigenvalue weighted by molar-refractivity contribution is 7.90. The molecule has 0 saturated carbocycles. The number of imide groups is 1. The number of amides is 3. The number of rotatable bonds is 6. The van der Waals surface area contributed by atoms with Crippen molar-refractivity contribution in [1.29, 1.82) is 5.26 Å². The smallest absolute Gasteiger partial charge is 0.271 e. The van der Waals surface area contributed by atoms with E-state index in [0.29, 0.717) is 11.3 Å². The summed E-state index contributed by atoms with van der Waals surface area (Å²) in [6.07, 6.45) is 0.426. The number of furan rings is 1. The number of hydrogen-bond acceptors (Lipinski definition) is 8. The number of benzene rings is 1. The first-order chi connectivity index (χ1) is 15.9. The van der Waals surface area contributed by atoms with Crippen LogP contribution in [0.3, 0.4) is 0 Å². The van der Waals surface area contributed by atoms with Gasteiger partial charge in [0.15, 0.2) is 0 Å². The highest BCUT2D eigenvalue weighted by atomic mass is 32.2. The van der Waals surface area contributed by atoms with Crippen LogP contribution in [0.15, 0.2) is 62.4 Å². The third kappa shape index (κ3) is 4.98. The molecule has 1 aliphatic heterocycles. The first kappa shape index (κ1) is 24.6. The highest BCUT2D eigenvalue weighted by Gasteiger charge is 2.36. The zero-order valence-electron chi connectivity index (χ0n) is 18.5. The topological polar surface area (TPSA) is 158 Å². The van der Waals surface area contributed by atoms with Crippen molar-refractivity contribution in [2.45, 2.75) is 31.8 Å². The number of nitrogens with zero attached hydrogens (tertiary/aromatic N) is 2. The number of carbonyl (C=O) groups is 3. The summed E-state index contributed by atoms with van der Waals surface area (Å²) < 4.78 is 31.8. The molecule has 0 fully saturated rings. The van der Waals surface area contributed by atoms with Crippen molar-refractivity contribution < 1.29 is 32.3 Å². The second-order valence-corrected chi connectivity index (χ2v) is 9.31. The van der Waals surface area contributed by atoms with E-state index >= 15 is 0 Å². The Balaban J connectivity index is 1.94. The van der Waals surface area contributed by atoms with Crippen molar-refractivity contribution in [2.75, 3.05) is 6.54 Å². The van der Waals surface area contributed by atoms with Gasteiger partial charge in [-0.2, -0.15) is 5.26 Å². The van der Waals surface area contributed by atoms with Gasteiger partial charge in [-0.25, -0.2) is 13.1 Å². The average Bonchev–Trinajstić information content (AvgIpc) is 3.22. The van der Waals surface area contributed by atoms with Crippen LogP contribution in [0.2, 0.25) is 0 Å². The Bertz CT molecular complexity index is 1370. The van der Waals surface area contributed by atoms with Crippen molar-refractivity contribution in [1.82, 2.24) is 9.62 Å². The second-order valence-electron chi connectivity index (χ2n) is 7.63. The van der Waals surface area contributed by atoms with Crippen LogP contribution >= 0.6 is 0 Å². The van der Waals surface area contributed by atoms with Crippen molar-refractivity contribution in [3.63, 3.8) is 0 Å². The van der Waals surface area contributed by atoms with Crippen molar-refractivity contribution in [3.05, 3.63) is 58.9 Å². The SMILES string of the molecule is CC(=O)NS(=O)(=O)c1ccc(-c2ccc(/C=C3/C(=O)N(CC(C)O)C(=O)C(C#N)=C3C)o2)cc1. The number of carbonyl (C=O) groups excluding carboxylic acids is 3. The molecule has 0 aliphatic carbocycles. The second kappa shape index (κ2) is 9.46. The van der Waals surface area contributed by atoms with Gasteiger partial charge in [0, 0.05) is 18.1 Å². The third-order valence-electron chi connectivity index (χ3n) is 4.91. The number of aliphatic hydroxyl groups excluding tert-OH is 1. The highest BCUT2D eigenvalue weighted by Crippen LogP contribution is 2.29. The minimum Gasteiger partial charge on any atom is -0.457 e. The Morgan fingerprint density at radius 1 is 1.21 bits per heavy atom. The van der Waals surface area contributed by atoms with Gasteiger partial charge >= 0.3 is 0 Å². The first-order valence-corrected chi connectivity index (χ1v) is 11.5. The van der Waals surface area contributed by atoms with E-state index in [1.54, 1.807) is 12.1 Å². The van der Waals surface area contributed by atoms with E-state index in [1.807, 2.05) is 10.8 Å². The molecule has 1 aliphatic rings. The van der Waals surface area contributed by atoms with Crippen LogP contribution in [0.1, 0.15) is 26.5 Å². The summed E-state index contributed by atoms with van der Waals surface area (Å²) in [5.41, 5.74) is 0.616. The largest absolute Gasteiger partial charge is 0.457 e. The lowest BCUT2D eigenvalue weighted by molar-refractivity contribution is -0.141. The van der Waals surface area contributed by atoms with E-state index < -0.39 is 33.8 Å². The molecule has 2 N–H and O–H groups in total. The molecule has 11 heteroatoms. The number of nitriles is 1. The van der Waals surface area contributed by atoms with E-state index in [4.69, 9.17) is 4.42 Å². The summed E-state index contributed by atoms with van der Waals surface area (Å²) in [5.74, 6) is -1.50. The van der Waals surface area contributed by atoms with Crippen LogP contribution in [-0.4, -0.2) is 48.8 Å². The average molecular weight is 484 g/mol. The summed E-state index contributed by atoms with van der Waals surface area (Å²) in [6.45, 7) is 3.74. The standard InChI is InChI=1S/C23H21N3O7S/c1-13(27)12-26-22(29)19(14(2)20(11-24)23(26)30)10-17-6-9-21(33-17)16-4-7-18(8-5-16)34(31,32)25-15(3)28/h4-10,13,27H,12H2,1-3H3,(H,25,28)/b19-10+. The molecule has 1 aromatic carbocycles. The van der Waals surface area contributed by atoms with Crippen molar-refractivity contribution >= 4 is 33.8 Å². The van der Waals surface area contributed by atoms with E-state index in [-0.39, 0.29) is 33.9 Å². The van der Waals surface area contributed by atoms with Gasteiger partial charge < -0.3 is 9.52 Å². The molecule has 176 valence electrons. The van der Waals surface area contributed by atoms with Crippen LogP contribution in [0, 0.1) is 11.3 Å². The fourth-order valence-corrected chi connectivity index (χ4v) is 4.32. The van der Waals surface area contributed by atoms with Gasteiger partial charge in [-0.05, 0) is 61.9 Å². The van der Waals surface area contributed by atoms with Gasteiger partial charge in [-0.1, -0.05) is 0 Å². The molecule has 0 bridgehead atoms. The minimum absolute atomic E-state index is 0.0782. The molecule has 1 unspecified atom stereocenters. The van der Waals surface area contributed by atoms with E-state index in [0.717, 1.165) is 11.8 Å². The van der Waals surface area contributed by atoms with Gasteiger partial charge in [-0.3, -0.25) is 19.3 Å². The van der Waals surface area contributed by atoms with Crippen LogP contribution in [0.5, 0.6) is 0 Å². The summed E-state index contributed by atoms with van der Waals surface area (Å²) in [5, 5.41) is 19.0. The summed E-state index contributed by atoms with van der Waals surface area (Å²) in [7, 11) is -3.97. The van der Waals surface area contributed by atoms with Gasteiger partial charge in [0.1, 0.15) is 23.2 Å². The fourth-order valence-electron chi connectivity index (χ4n) is 3.33. The molecule has 10 nitrogen and oxygen atoms in total. The Labute approximate surface area is 195 Å². The lowest BCUT2D eigenvalue weighted by Crippen LogP contribution is -2.45. The quantitative estimate of drug-likeness (QED) is 0.464. The summed E-state index contributed by atoms with van der Waals surface area (Å²) in [4.78, 5) is 37.1. The van der Waals surface area contributed by atoms with Gasteiger partial charge in [-0.15, -0.1) is 0 Å². The lowest BCUT2D eigenvalue weighted by Gasteiger charge is -2.28. The van der Waals surface area contributed by atoms with Crippen LogP contribution in [-0.2, 0) is 24.4 Å². The molecule has 3 amide bonds. The van der Waals surface area contributed by atoms with Gasteiger partial charge in [0.05, 0.1) is 17.5 Å². The van der Waals surface area contributed by atoms with Crippen LogP contribution < -0.4 is 4.72 Å². The molecular formula is C23H21N3O7S. The summed E-state index contributed by atoms with van der Waals surface area (Å²) in [6, 6.07) is 10.6. The van der Waals surface area contributed by atoms with Gasteiger partial charge in [0.2, 0.25) is 5.91 Å². The molecule has 1 atom stereocenters. The number of β-amino-alcohol motifs (C(OH)–C–C–N with tert-alkyl or cyclic N) is 1. The Kier molecular flexibility index (Phi) is 6.85. The third-order valence-corrected chi connectivity index (χ3v) is 6.36. The maximum Gasteiger partial charge on any atom is 0.271 e. The first-order valence-electron chi connectivity index (χ1n) is 10.1. The predicted octanol–water partition coefficient (Wildman–Crippen LogP) is 1.74. The molecule has 2 heterocycles. The normalized spacial score (nSPS) is 16.6. The molecular weight excluding hydrogens is 462 g/mol. The number of sulfonamides is 1. The maximum atomic E-state index is 12.9. The fraction of sp³-hybridized carbons (Fsp3) is 0.217. The molecule has 0 saturated heterocycles. The molecule has 0 radical (unpaired) electrons. The minimum atomic E-state index is -3.97. The zero-order valence-corrected chi connectivity index (χ0v) is 19.3. The Morgan fingerprint density at radius 3 is 2.41 bits per heavy atom. The van der Waals surface area contributed by atoms with Crippen LogP contribution in [0.25, 0.3) is 17.4 Å². The molecule has 0 spiro atoms. The van der Waals surface area contributed by atoms with E-state index in [2.05, 4.69) is 0 Å². The van der Waals surface area contributed by atoms with Crippen molar-refractivity contribution in [2.24, 2.45) is 0 Å². The number of nitrogens with one attached hydrogen (secondary N) is 1. The van der Waals surface area contributed by atoms with E-state index in [9.17, 15) is 33.2 Å². The maximum absolute atomic E-state index is 12.9. The molecule has 2 aromatic rings. The van der Waals surface area contributed by atoms with Gasteiger partial charge in [0.25, 0.3) is 21.8 Å². The monoisotopic (exact) mass is 483 g/mol. The summed E-state index contributed by atoms with van der Waals surface area (Å²) >= 11 is 0. The Morgan fingerprint density at radius 2 is 1.85 bits per heavy atom. The zero-order chi connectivity index (χ0) is 25.2. The number of aliphatic hydroxyl groups is 1. The number of hydrogen-bond donors (Lipinski definition) is 2. The van der Waals surface area contributed by atoms with E-state index in [1.165, 1.54) is 44.2 Å². The molecule has 1 aromatic heterocycles. The molecule has 3 rings (SSSR count). The molecule has 34 heavy (non-hydrogen) atoms. The Hall–Kier alpha value is -4.01. The lowest BCUT2D eigenvalue weighted by atomic mass is 9.94. The van der Waals surface area contributed by atoms with Crippen molar-refractivity contribution in [3.8, 4) is 17.4 Å².